The highest BCUT2D eigenvalue weighted by atomic mass is 16.6. The normalized spacial score (nSPS) is 10.5. The van der Waals surface area contributed by atoms with Crippen LogP contribution in [0, 0.1) is 0 Å². The second-order valence-corrected chi connectivity index (χ2v) is 5.02. The van der Waals surface area contributed by atoms with Crippen LogP contribution in [0.2, 0.25) is 0 Å². The molecular formula is C18H22BO2. The highest BCUT2D eigenvalue weighted by Gasteiger charge is 1.97. The van der Waals surface area contributed by atoms with Crippen LogP contribution in [0.4, 0.5) is 0 Å². The van der Waals surface area contributed by atoms with E-state index in [-0.39, 0.29) is 0 Å². The molecule has 0 spiro atoms. The molecule has 0 atom stereocenters. The Hall–Kier alpha value is -1.58. The first kappa shape index (κ1) is 15.8. The Bertz CT molecular complexity index is 428. The first-order valence-electron chi connectivity index (χ1n) is 7.58. The SMILES string of the molecule is [B](OCCCc1ccccc1)OCCCc1ccccc1. The first-order valence-corrected chi connectivity index (χ1v) is 7.58. The molecule has 0 bridgehead atoms. The lowest BCUT2D eigenvalue weighted by Gasteiger charge is -2.05. The predicted molar refractivity (Wildman–Crippen MR) is 87.2 cm³/mol. The Kier molecular flexibility index (Phi) is 7.67. The average molecular weight is 281 g/mol. The van der Waals surface area contributed by atoms with E-state index in [1.165, 1.54) is 18.8 Å². The molecule has 0 heterocycles. The fraction of sp³-hybridized carbons (Fsp3) is 0.333. The van der Waals surface area contributed by atoms with Crippen molar-refractivity contribution in [3.63, 3.8) is 0 Å². The van der Waals surface area contributed by atoms with E-state index in [1.54, 1.807) is 0 Å². The Morgan fingerprint density at radius 2 is 1.05 bits per heavy atom. The molecule has 0 N–H and O–H groups in total. The third-order valence-electron chi connectivity index (χ3n) is 3.28. The van der Waals surface area contributed by atoms with Gasteiger partial charge in [-0.25, -0.2) is 0 Å². The van der Waals surface area contributed by atoms with Gasteiger partial charge in [0.2, 0.25) is 0 Å². The third-order valence-corrected chi connectivity index (χ3v) is 3.28. The summed E-state index contributed by atoms with van der Waals surface area (Å²) >= 11 is 0. The van der Waals surface area contributed by atoms with Gasteiger partial charge in [0.1, 0.15) is 0 Å². The van der Waals surface area contributed by atoms with Gasteiger partial charge >= 0.3 is 7.69 Å². The van der Waals surface area contributed by atoms with Gasteiger partial charge in [0.15, 0.2) is 0 Å². The van der Waals surface area contributed by atoms with Crippen molar-refractivity contribution >= 4 is 7.69 Å². The van der Waals surface area contributed by atoms with E-state index in [0.717, 1.165) is 25.7 Å². The van der Waals surface area contributed by atoms with Gasteiger partial charge in [-0.3, -0.25) is 0 Å². The molecule has 0 aliphatic carbocycles. The quantitative estimate of drug-likeness (QED) is 0.487. The van der Waals surface area contributed by atoms with Crippen LogP contribution in [0.5, 0.6) is 0 Å². The zero-order valence-corrected chi connectivity index (χ0v) is 12.4. The van der Waals surface area contributed by atoms with Gasteiger partial charge in [0, 0.05) is 13.2 Å². The van der Waals surface area contributed by atoms with Crippen LogP contribution in [0.3, 0.4) is 0 Å². The van der Waals surface area contributed by atoms with Crippen molar-refractivity contribution in [3.8, 4) is 0 Å². The van der Waals surface area contributed by atoms with E-state index < -0.39 is 0 Å². The molecule has 0 saturated carbocycles. The molecule has 0 fully saturated rings. The Labute approximate surface area is 128 Å². The molecule has 1 radical (unpaired) electrons. The van der Waals surface area contributed by atoms with E-state index in [4.69, 9.17) is 9.31 Å². The molecule has 0 aromatic heterocycles. The van der Waals surface area contributed by atoms with Crippen molar-refractivity contribution < 1.29 is 9.31 Å². The molecule has 0 unspecified atom stereocenters. The molecule has 0 amide bonds. The number of hydrogen-bond acceptors (Lipinski definition) is 2. The Balaban J connectivity index is 1.40. The van der Waals surface area contributed by atoms with Crippen molar-refractivity contribution in [1.29, 1.82) is 0 Å². The van der Waals surface area contributed by atoms with Gasteiger partial charge in [-0.1, -0.05) is 60.7 Å². The number of aryl methyl sites for hydroxylation is 2. The maximum Gasteiger partial charge on any atom is 0.487 e. The fourth-order valence-corrected chi connectivity index (χ4v) is 2.15. The van der Waals surface area contributed by atoms with Crippen LogP contribution in [-0.2, 0) is 22.2 Å². The van der Waals surface area contributed by atoms with Crippen LogP contribution >= 0.6 is 0 Å². The van der Waals surface area contributed by atoms with Gasteiger partial charge in [-0.05, 0) is 36.8 Å². The second-order valence-electron chi connectivity index (χ2n) is 5.02. The molecule has 109 valence electrons. The Morgan fingerprint density at radius 1 is 0.619 bits per heavy atom. The lowest BCUT2D eigenvalue weighted by atomic mass is 10.1. The minimum atomic E-state index is 0.702. The zero-order chi connectivity index (χ0) is 14.6. The van der Waals surface area contributed by atoms with Gasteiger partial charge in [-0.2, -0.15) is 0 Å². The minimum absolute atomic E-state index is 0.702. The molecule has 0 aliphatic rings. The summed E-state index contributed by atoms with van der Waals surface area (Å²) in [6, 6.07) is 20.9. The summed E-state index contributed by atoms with van der Waals surface area (Å²) in [7, 11) is 1.48. The van der Waals surface area contributed by atoms with Gasteiger partial charge in [0.25, 0.3) is 0 Å². The predicted octanol–water partition coefficient (Wildman–Crippen LogP) is 3.82. The molecule has 0 saturated heterocycles. The van der Waals surface area contributed by atoms with Crippen LogP contribution in [0.25, 0.3) is 0 Å². The average Bonchev–Trinajstić information content (AvgIpc) is 2.55. The van der Waals surface area contributed by atoms with Crippen LogP contribution in [0.1, 0.15) is 24.0 Å². The van der Waals surface area contributed by atoms with E-state index in [1.807, 2.05) is 12.1 Å². The summed E-state index contributed by atoms with van der Waals surface area (Å²) in [4.78, 5) is 0. The fourth-order valence-electron chi connectivity index (χ4n) is 2.15. The second kappa shape index (κ2) is 10.2. The van der Waals surface area contributed by atoms with Crippen molar-refractivity contribution in [3.05, 3.63) is 71.8 Å². The van der Waals surface area contributed by atoms with E-state index in [0.29, 0.717) is 13.2 Å². The van der Waals surface area contributed by atoms with Crippen molar-refractivity contribution in [2.75, 3.05) is 13.2 Å². The van der Waals surface area contributed by atoms with Crippen molar-refractivity contribution in [2.45, 2.75) is 25.7 Å². The van der Waals surface area contributed by atoms with Crippen molar-refractivity contribution in [1.82, 2.24) is 0 Å². The lowest BCUT2D eigenvalue weighted by molar-refractivity contribution is 0.217. The van der Waals surface area contributed by atoms with Gasteiger partial charge in [-0.15, -0.1) is 0 Å². The van der Waals surface area contributed by atoms with Crippen LogP contribution in [0.15, 0.2) is 60.7 Å². The van der Waals surface area contributed by atoms with Gasteiger partial charge < -0.3 is 9.31 Å². The van der Waals surface area contributed by atoms with Crippen LogP contribution < -0.4 is 0 Å². The monoisotopic (exact) mass is 281 g/mol. The topological polar surface area (TPSA) is 18.5 Å². The highest BCUT2D eigenvalue weighted by Crippen LogP contribution is 2.03. The molecule has 2 aromatic rings. The van der Waals surface area contributed by atoms with E-state index >= 15 is 0 Å². The minimum Gasteiger partial charge on any atom is -0.413 e. The summed E-state index contributed by atoms with van der Waals surface area (Å²) in [6.07, 6.45) is 4.10. The highest BCUT2D eigenvalue weighted by molar-refractivity contribution is 6.17. The van der Waals surface area contributed by atoms with Crippen LogP contribution in [-0.4, -0.2) is 20.9 Å². The number of benzene rings is 2. The molecule has 2 aromatic carbocycles. The van der Waals surface area contributed by atoms with E-state index in [9.17, 15) is 0 Å². The summed E-state index contributed by atoms with van der Waals surface area (Å²) in [5, 5.41) is 0. The number of rotatable bonds is 10. The molecular weight excluding hydrogens is 259 g/mol. The smallest absolute Gasteiger partial charge is 0.413 e. The molecule has 3 heteroatoms. The summed E-state index contributed by atoms with van der Waals surface area (Å²) in [6.45, 7) is 1.40. The number of hydrogen-bond donors (Lipinski definition) is 0. The molecule has 2 nitrogen and oxygen atoms in total. The summed E-state index contributed by atoms with van der Waals surface area (Å²) < 4.78 is 10.7. The lowest BCUT2D eigenvalue weighted by Crippen LogP contribution is -2.08. The molecule has 2 rings (SSSR count). The van der Waals surface area contributed by atoms with E-state index in [2.05, 4.69) is 48.5 Å². The standard InChI is InChI=1S/C18H22BO2/c1-3-9-17(10-4-1)13-7-15-20-19-21-16-8-14-18-11-5-2-6-12-18/h1-6,9-12H,7-8,13-16H2. The van der Waals surface area contributed by atoms with Crippen molar-refractivity contribution in [2.24, 2.45) is 0 Å². The third kappa shape index (κ3) is 7.12. The molecule has 0 aliphatic heterocycles. The Morgan fingerprint density at radius 3 is 1.48 bits per heavy atom. The molecule has 21 heavy (non-hydrogen) atoms. The largest absolute Gasteiger partial charge is 0.487 e. The zero-order valence-electron chi connectivity index (χ0n) is 12.4. The summed E-state index contributed by atoms with van der Waals surface area (Å²) in [5.74, 6) is 0. The first-order chi connectivity index (χ1) is 10.4. The maximum absolute atomic E-state index is 5.36. The summed E-state index contributed by atoms with van der Waals surface area (Å²) in [5.41, 5.74) is 2.70. The maximum atomic E-state index is 5.36. The van der Waals surface area contributed by atoms with Gasteiger partial charge in [0.05, 0.1) is 0 Å².